The van der Waals surface area contributed by atoms with Crippen molar-refractivity contribution in [1.29, 1.82) is 0 Å². The molecule has 1 atom stereocenters. The van der Waals surface area contributed by atoms with Gasteiger partial charge in [0.1, 0.15) is 0 Å². The predicted octanol–water partition coefficient (Wildman–Crippen LogP) is 3.02. The van der Waals surface area contributed by atoms with Crippen LogP contribution >= 0.6 is 11.3 Å². The van der Waals surface area contributed by atoms with E-state index in [4.69, 9.17) is 0 Å². The summed E-state index contributed by atoms with van der Waals surface area (Å²) in [5.41, 5.74) is 3.52. The van der Waals surface area contributed by atoms with Gasteiger partial charge in [-0.2, -0.15) is 0 Å². The molecule has 1 unspecified atom stereocenters. The maximum atomic E-state index is 11.8. The van der Waals surface area contributed by atoms with Crippen LogP contribution in [-0.4, -0.2) is 29.9 Å². The highest BCUT2D eigenvalue weighted by atomic mass is 32.1. The molecule has 0 saturated heterocycles. The zero-order valence-electron chi connectivity index (χ0n) is 11.3. The average molecular weight is 275 g/mol. The minimum atomic E-state index is 0.0158. The number of thiazole rings is 1. The van der Waals surface area contributed by atoms with Crippen LogP contribution in [0, 0.1) is 0 Å². The molecule has 0 aliphatic rings. The van der Waals surface area contributed by atoms with Gasteiger partial charge in [0.2, 0.25) is 0 Å². The van der Waals surface area contributed by atoms with Gasteiger partial charge in [0.15, 0.2) is 0 Å². The van der Waals surface area contributed by atoms with Crippen LogP contribution in [-0.2, 0) is 0 Å². The first kappa shape index (κ1) is 13.5. The van der Waals surface area contributed by atoms with Crippen LogP contribution in [0.3, 0.4) is 0 Å². The quantitative estimate of drug-likeness (QED) is 0.933. The van der Waals surface area contributed by atoms with E-state index in [0.717, 1.165) is 5.69 Å². The minimum absolute atomic E-state index is 0.0158. The molecule has 5 heteroatoms. The van der Waals surface area contributed by atoms with Gasteiger partial charge in [-0.1, -0.05) is 0 Å². The van der Waals surface area contributed by atoms with Crippen molar-refractivity contribution in [3.05, 3.63) is 46.4 Å². The van der Waals surface area contributed by atoms with E-state index in [1.54, 1.807) is 30.3 Å². The number of amides is 1. The van der Waals surface area contributed by atoms with E-state index in [1.807, 2.05) is 36.0 Å². The number of anilines is 1. The van der Waals surface area contributed by atoms with Crippen molar-refractivity contribution in [3.8, 4) is 0 Å². The van der Waals surface area contributed by atoms with E-state index >= 15 is 0 Å². The topological polar surface area (TPSA) is 45.2 Å². The van der Waals surface area contributed by atoms with Gasteiger partial charge in [-0.05, 0) is 31.2 Å². The van der Waals surface area contributed by atoms with Crippen LogP contribution in [0.15, 0.2) is 36.0 Å². The minimum Gasteiger partial charge on any atom is -0.378 e. The third-order valence-corrected chi connectivity index (χ3v) is 3.76. The van der Waals surface area contributed by atoms with Gasteiger partial charge in [-0.15, -0.1) is 11.3 Å². The summed E-state index contributed by atoms with van der Waals surface area (Å²) in [6.45, 7) is 2.09. The van der Waals surface area contributed by atoms with Gasteiger partial charge in [0.25, 0.3) is 5.91 Å². The third kappa shape index (κ3) is 3.32. The van der Waals surface area contributed by atoms with Gasteiger partial charge in [-0.3, -0.25) is 9.78 Å². The Morgan fingerprint density at radius 2 is 2.00 bits per heavy atom. The van der Waals surface area contributed by atoms with E-state index in [2.05, 4.69) is 17.2 Å². The van der Waals surface area contributed by atoms with Crippen LogP contribution in [0.1, 0.15) is 28.2 Å². The molecular weight excluding hydrogens is 258 g/mol. The lowest BCUT2D eigenvalue weighted by molar-refractivity contribution is 0.0827. The van der Waals surface area contributed by atoms with Gasteiger partial charge >= 0.3 is 0 Å². The summed E-state index contributed by atoms with van der Waals surface area (Å²) in [6.07, 6.45) is 1.87. The second kappa shape index (κ2) is 5.84. The molecule has 1 amide bonds. The lowest BCUT2D eigenvalue weighted by Crippen LogP contribution is -2.21. The van der Waals surface area contributed by atoms with Crippen molar-refractivity contribution in [2.24, 2.45) is 0 Å². The molecule has 0 saturated carbocycles. The molecule has 19 heavy (non-hydrogen) atoms. The molecule has 1 aromatic heterocycles. The van der Waals surface area contributed by atoms with Crippen molar-refractivity contribution >= 4 is 22.9 Å². The van der Waals surface area contributed by atoms with E-state index in [0.29, 0.717) is 5.56 Å². The Morgan fingerprint density at radius 3 is 2.53 bits per heavy atom. The van der Waals surface area contributed by atoms with Crippen molar-refractivity contribution < 1.29 is 4.79 Å². The number of carbonyl (C=O) groups excluding carboxylic acids is 1. The third-order valence-electron chi connectivity index (χ3n) is 2.80. The smallest absolute Gasteiger partial charge is 0.253 e. The number of rotatable bonds is 4. The summed E-state index contributed by atoms with van der Waals surface area (Å²) in [4.78, 5) is 18.6. The molecule has 0 aliphatic heterocycles. The van der Waals surface area contributed by atoms with Crippen LogP contribution in [0.2, 0.25) is 0 Å². The summed E-state index contributed by atoms with van der Waals surface area (Å²) in [5.74, 6) is 0.0158. The van der Waals surface area contributed by atoms with Gasteiger partial charge < -0.3 is 10.2 Å². The molecule has 0 bridgehead atoms. The standard InChI is InChI=1S/C14H17N3OS/c1-10(13-8-15-9-19-13)16-12-6-4-11(5-7-12)14(18)17(2)3/h4-10,16H,1-3H3. The van der Waals surface area contributed by atoms with Crippen molar-refractivity contribution in [3.63, 3.8) is 0 Å². The summed E-state index contributed by atoms with van der Waals surface area (Å²) < 4.78 is 0. The lowest BCUT2D eigenvalue weighted by atomic mass is 10.1. The Kier molecular flexibility index (Phi) is 4.16. The van der Waals surface area contributed by atoms with Gasteiger partial charge in [-0.25, -0.2) is 0 Å². The van der Waals surface area contributed by atoms with Crippen LogP contribution in [0.5, 0.6) is 0 Å². The number of hydrogen-bond acceptors (Lipinski definition) is 4. The summed E-state index contributed by atoms with van der Waals surface area (Å²) in [7, 11) is 3.50. The van der Waals surface area contributed by atoms with Crippen molar-refractivity contribution in [2.75, 3.05) is 19.4 Å². The molecule has 4 nitrogen and oxygen atoms in total. The number of nitrogens with zero attached hydrogens (tertiary/aromatic N) is 2. The normalized spacial score (nSPS) is 11.9. The molecule has 100 valence electrons. The van der Waals surface area contributed by atoms with E-state index in [9.17, 15) is 4.79 Å². The molecule has 2 rings (SSSR count). The highest BCUT2D eigenvalue weighted by molar-refractivity contribution is 7.09. The average Bonchev–Trinajstić information content (AvgIpc) is 2.92. The highest BCUT2D eigenvalue weighted by Crippen LogP contribution is 2.22. The predicted molar refractivity (Wildman–Crippen MR) is 78.6 cm³/mol. The fourth-order valence-corrected chi connectivity index (χ4v) is 2.36. The Balaban J connectivity index is 2.05. The van der Waals surface area contributed by atoms with Gasteiger partial charge in [0.05, 0.1) is 11.6 Å². The Hall–Kier alpha value is -1.88. The van der Waals surface area contributed by atoms with Crippen molar-refractivity contribution in [1.82, 2.24) is 9.88 Å². The highest BCUT2D eigenvalue weighted by Gasteiger charge is 2.09. The number of nitrogens with one attached hydrogen (secondary N) is 1. The largest absolute Gasteiger partial charge is 0.378 e. The van der Waals surface area contributed by atoms with Crippen LogP contribution < -0.4 is 5.32 Å². The fraction of sp³-hybridized carbons (Fsp3) is 0.286. The summed E-state index contributed by atoms with van der Waals surface area (Å²) >= 11 is 1.63. The Labute approximate surface area is 117 Å². The summed E-state index contributed by atoms with van der Waals surface area (Å²) in [5, 5.41) is 3.39. The molecule has 0 spiro atoms. The van der Waals surface area contributed by atoms with E-state index in [1.165, 1.54) is 4.88 Å². The first-order valence-corrected chi connectivity index (χ1v) is 6.92. The molecule has 0 aliphatic carbocycles. The number of carbonyl (C=O) groups is 1. The first-order valence-electron chi connectivity index (χ1n) is 6.04. The zero-order valence-corrected chi connectivity index (χ0v) is 12.1. The first-order chi connectivity index (χ1) is 9.08. The molecule has 1 N–H and O–H groups in total. The van der Waals surface area contributed by atoms with E-state index in [-0.39, 0.29) is 11.9 Å². The van der Waals surface area contributed by atoms with Crippen LogP contribution in [0.25, 0.3) is 0 Å². The Bertz CT molecular complexity index is 534. The molecule has 2 aromatic rings. The summed E-state index contributed by atoms with van der Waals surface area (Å²) in [6, 6.07) is 7.74. The fourth-order valence-electron chi connectivity index (χ4n) is 1.73. The molecular formula is C14H17N3OS. The maximum Gasteiger partial charge on any atom is 0.253 e. The van der Waals surface area contributed by atoms with Crippen LogP contribution in [0.4, 0.5) is 5.69 Å². The van der Waals surface area contributed by atoms with Gasteiger partial charge in [0, 0.05) is 36.4 Å². The molecule has 0 radical (unpaired) electrons. The zero-order chi connectivity index (χ0) is 13.8. The maximum absolute atomic E-state index is 11.8. The second-order valence-electron chi connectivity index (χ2n) is 4.55. The Morgan fingerprint density at radius 1 is 1.32 bits per heavy atom. The number of benzene rings is 1. The number of hydrogen-bond donors (Lipinski definition) is 1. The lowest BCUT2D eigenvalue weighted by Gasteiger charge is -2.14. The monoisotopic (exact) mass is 275 g/mol. The van der Waals surface area contributed by atoms with E-state index < -0.39 is 0 Å². The number of aromatic nitrogens is 1. The molecule has 1 heterocycles. The molecule has 0 fully saturated rings. The molecule has 1 aromatic carbocycles. The second-order valence-corrected chi connectivity index (χ2v) is 5.46. The SMILES string of the molecule is CC(Nc1ccc(C(=O)N(C)C)cc1)c1cncs1. The van der Waals surface area contributed by atoms with Crippen molar-refractivity contribution in [2.45, 2.75) is 13.0 Å².